The van der Waals surface area contributed by atoms with Crippen LogP contribution in [0.15, 0.2) is 60.7 Å². The number of rotatable bonds is 12. The zero-order chi connectivity index (χ0) is 24.5. The molecule has 9 nitrogen and oxygen atoms in total. The molecule has 2 aromatic carbocycles. The van der Waals surface area contributed by atoms with Crippen LogP contribution in [0.3, 0.4) is 0 Å². The van der Waals surface area contributed by atoms with Crippen molar-refractivity contribution in [3.63, 3.8) is 0 Å². The summed E-state index contributed by atoms with van der Waals surface area (Å²) >= 11 is 0. The lowest BCUT2D eigenvalue weighted by atomic mass is 9.96. The van der Waals surface area contributed by atoms with Gasteiger partial charge in [0.1, 0.15) is 11.5 Å². The van der Waals surface area contributed by atoms with E-state index in [1.54, 1.807) is 50.2 Å². The Morgan fingerprint density at radius 1 is 0.667 bits per heavy atom. The minimum Gasteiger partial charge on any atom is -0.478 e. The molecule has 0 fully saturated rings. The van der Waals surface area contributed by atoms with Crippen LogP contribution in [0.2, 0.25) is 0 Å². The van der Waals surface area contributed by atoms with Crippen LogP contribution < -0.4 is 9.47 Å². The molecule has 0 bridgehead atoms. The second kappa shape index (κ2) is 11.1. The summed E-state index contributed by atoms with van der Waals surface area (Å²) in [7, 11) is 0. The van der Waals surface area contributed by atoms with Gasteiger partial charge in [0.25, 0.3) is 0 Å². The Labute approximate surface area is 190 Å². The van der Waals surface area contributed by atoms with Gasteiger partial charge in [-0.05, 0) is 24.3 Å². The predicted molar refractivity (Wildman–Crippen MR) is 116 cm³/mol. The third kappa shape index (κ3) is 5.68. The SMILES string of the molecule is CCCC(Oc1ccccc1)(C(=O)O)C(=O)OC(=O)C(CCC)(Oc1ccccc1)C(=O)O. The van der Waals surface area contributed by atoms with E-state index < -0.39 is 35.1 Å². The summed E-state index contributed by atoms with van der Waals surface area (Å²) < 4.78 is 15.9. The lowest BCUT2D eigenvalue weighted by Gasteiger charge is -2.31. The molecule has 0 saturated heterocycles. The molecular formula is C24H26O9. The van der Waals surface area contributed by atoms with Crippen LogP contribution in [0, 0.1) is 0 Å². The summed E-state index contributed by atoms with van der Waals surface area (Å²) in [5.41, 5.74) is -5.12. The van der Waals surface area contributed by atoms with Gasteiger partial charge in [-0.25, -0.2) is 19.2 Å². The Morgan fingerprint density at radius 3 is 1.27 bits per heavy atom. The first-order valence-electron chi connectivity index (χ1n) is 10.4. The van der Waals surface area contributed by atoms with Gasteiger partial charge in [0.15, 0.2) is 0 Å². The van der Waals surface area contributed by atoms with Crippen molar-refractivity contribution in [3.05, 3.63) is 60.7 Å². The second-order valence-electron chi connectivity index (χ2n) is 7.27. The lowest BCUT2D eigenvalue weighted by Crippen LogP contribution is -2.58. The summed E-state index contributed by atoms with van der Waals surface area (Å²) in [5.74, 6) is -6.29. The number of carboxylic acids is 2. The Balaban J connectivity index is 2.43. The van der Waals surface area contributed by atoms with Crippen LogP contribution in [-0.4, -0.2) is 45.3 Å². The van der Waals surface area contributed by atoms with Gasteiger partial charge in [-0.1, -0.05) is 63.1 Å². The van der Waals surface area contributed by atoms with E-state index in [9.17, 15) is 29.4 Å². The molecule has 0 saturated carbocycles. The fourth-order valence-corrected chi connectivity index (χ4v) is 3.20. The van der Waals surface area contributed by atoms with Crippen molar-refractivity contribution in [2.75, 3.05) is 0 Å². The predicted octanol–water partition coefficient (Wildman–Crippen LogP) is 3.46. The summed E-state index contributed by atoms with van der Waals surface area (Å²) in [6, 6.07) is 15.4. The Kier molecular flexibility index (Phi) is 8.56. The van der Waals surface area contributed by atoms with Crippen molar-refractivity contribution in [3.8, 4) is 11.5 Å². The summed E-state index contributed by atoms with van der Waals surface area (Å²) in [5, 5.41) is 19.7. The van der Waals surface area contributed by atoms with Gasteiger partial charge in [0.05, 0.1) is 0 Å². The quantitative estimate of drug-likeness (QED) is 0.362. The maximum absolute atomic E-state index is 13.0. The van der Waals surface area contributed by atoms with Gasteiger partial charge >= 0.3 is 35.1 Å². The molecule has 0 heterocycles. The topological polar surface area (TPSA) is 136 Å². The van der Waals surface area contributed by atoms with E-state index in [2.05, 4.69) is 0 Å². The summed E-state index contributed by atoms with van der Waals surface area (Å²) in [6.45, 7) is 3.25. The molecule has 0 aliphatic carbocycles. The number of hydrogen-bond donors (Lipinski definition) is 2. The Hall–Kier alpha value is -3.88. The van der Waals surface area contributed by atoms with Crippen molar-refractivity contribution in [1.82, 2.24) is 0 Å². The number of aliphatic carboxylic acids is 2. The highest BCUT2D eigenvalue weighted by Crippen LogP contribution is 2.29. The normalized spacial score (nSPS) is 14.2. The van der Waals surface area contributed by atoms with E-state index in [4.69, 9.17) is 14.2 Å². The molecule has 0 amide bonds. The highest BCUT2D eigenvalue weighted by molar-refractivity contribution is 6.11. The fraction of sp³-hybridized carbons (Fsp3) is 0.333. The van der Waals surface area contributed by atoms with Gasteiger partial charge in [-0.2, -0.15) is 0 Å². The molecule has 2 N–H and O–H groups in total. The largest absolute Gasteiger partial charge is 0.478 e. The van der Waals surface area contributed by atoms with Crippen molar-refractivity contribution >= 4 is 23.9 Å². The molecule has 2 aromatic rings. The molecule has 0 aliphatic heterocycles. The van der Waals surface area contributed by atoms with E-state index in [0.717, 1.165) is 0 Å². The van der Waals surface area contributed by atoms with Crippen molar-refractivity contribution < 1.29 is 43.6 Å². The molecule has 33 heavy (non-hydrogen) atoms. The number of esters is 2. The van der Waals surface area contributed by atoms with Crippen LogP contribution in [0.4, 0.5) is 0 Å². The molecular weight excluding hydrogens is 432 g/mol. The molecule has 2 atom stereocenters. The molecule has 2 rings (SSSR count). The standard InChI is InChI=1S/C24H26O9/c1-3-15-23(19(25)26,32-17-11-7-5-8-12-17)21(29)31-22(30)24(16-4-2,20(27)28)33-18-13-9-6-10-14-18/h5-14H,3-4,15-16H2,1-2H3,(H,25,26)(H,27,28). The van der Waals surface area contributed by atoms with E-state index in [1.165, 1.54) is 24.3 Å². The molecule has 0 aliphatic rings. The number of para-hydroxylation sites is 2. The number of carbonyl (C=O) groups is 4. The maximum atomic E-state index is 13.0. The fourth-order valence-electron chi connectivity index (χ4n) is 3.20. The smallest absolute Gasteiger partial charge is 0.370 e. The van der Waals surface area contributed by atoms with Crippen molar-refractivity contribution in [1.29, 1.82) is 0 Å². The first-order chi connectivity index (χ1) is 15.7. The third-order valence-corrected chi connectivity index (χ3v) is 4.81. The minimum absolute atomic E-state index is 0.0661. The second-order valence-corrected chi connectivity index (χ2v) is 7.27. The Bertz CT molecular complexity index is 894. The van der Waals surface area contributed by atoms with E-state index in [-0.39, 0.29) is 37.2 Å². The van der Waals surface area contributed by atoms with E-state index in [0.29, 0.717) is 0 Å². The minimum atomic E-state index is -2.56. The average molecular weight is 458 g/mol. The van der Waals surface area contributed by atoms with Crippen LogP contribution >= 0.6 is 0 Å². The van der Waals surface area contributed by atoms with E-state index >= 15 is 0 Å². The molecule has 9 heteroatoms. The number of carboxylic acid groups (broad SMARTS) is 2. The Morgan fingerprint density at radius 2 is 1.00 bits per heavy atom. The van der Waals surface area contributed by atoms with Gasteiger partial charge in [-0.3, -0.25) is 0 Å². The number of benzene rings is 2. The van der Waals surface area contributed by atoms with Gasteiger partial charge < -0.3 is 24.4 Å². The number of carbonyl (C=O) groups excluding carboxylic acids is 2. The lowest BCUT2D eigenvalue weighted by molar-refractivity contribution is -0.190. The molecule has 176 valence electrons. The third-order valence-electron chi connectivity index (χ3n) is 4.81. The summed E-state index contributed by atoms with van der Waals surface area (Å²) in [4.78, 5) is 50.4. The number of ether oxygens (including phenoxy) is 3. The zero-order valence-electron chi connectivity index (χ0n) is 18.4. The van der Waals surface area contributed by atoms with E-state index in [1.807, 2.05) is 0 Å². The summed E-state index contributed by atoms with van der Waals surface area (Å²) in [6.07, 6.45) is -0.253. The van der Waals surface area contributed by atoms with Crippen molar-refractivity contribution in [2.45, 2.75) is 50.7 Å². The van der Waals surface area contributed by atoms with Crippen LogP contribution in [0.5, 0.6) is 11.5 Å². The zero-order valence-corrected chi connectivity index (χ0v) is 18.4. The van der Waals surface area contributed by atoms with Crippen LogP contribution in [0.1, 0.15) is 39.5 Å². The highest BCUT2D eigenvalue weighted by Gasteiger charge is 2.56. The molecule has 0 aromatic heterocycles. The van der Waals surface area contributed by atoms with Crippen LogP contribution in [-0.2, 0) is 23.9 Å². The first kappa shape index (κ1) is 25.4. The monoisotopic (exact) mass is 458 g/mol. The maximum Gasteiger partial charge on any atom is 0.370 e. The van der Waals surface area contributed by atoms with Crippen LogP contribution in [0.25, 0.3) is 0 Å². The highest BCUT2D eigenvalue weighted by atomic mass is 16.6. The molecule has 2 unspecified atom stereocenters. The number of hydrogen-bond acceptors (Lipinski definition) is 7. The first-order valence-corrected chi connectivity index (χ1v) is 10.4. The molecule has 0 radical (unpaired) electrons. The van der Waals surface area contributed by atoms with Gasteiger partial charge in [0, 0.05) is 12.8 Å². The average Bonchev–Trinajstić information content (AvgIpc) is 2.79. The van der Waals surface area contributed by atoms with Gasteiger partial charge in [-0.15, -0.1) is 0 Å². The van der Waals surface area contributed by atoms with Crippen molar-refractivity contribution in [2.24, 2.45) is 0 Å². The van der Waals surface area contributed by atoms with Gasteiger partial charge in [0.2, 0.25) is 0 Å². The molecule has 0 spiro atoms.